The standard InChI is InChI=1S/C21H33N5O2/c1-7-22-21(23-11-10-16-8-9-18(27)19(12-16)28-6)25(4)13-17-14-26(5)24-20(17)15(2)3/h8-9,12,14-15,27H,7,10-11,13H2,1-6H3,(H,22,23). The minimum Gasteiger partial charge on any atom is -0.504 e. The van der Waals surface area contributed by atoms with Crippen molar-refractivity contribution in [2.75, 3.05) is 27.2 Å². The minimum absolute atomic E-state index is 0.153. The number of guanidine groups is 1. The molecule has 2 rings (SSSR count). The minimum atomic E-state index is 0.153. The first-order valence-corrected chi connectivity index (χ1v) is 9.73. The van der Waals surface area contributed by atoms with Gasteiger partial charge in [0.05, 0.1) is 12.8 Å². The van der Waals surface area contributed by atoms with Crippen molar-refractivity contribution < 1.29 is 9.84 Å². The van der Waals surface area contributed by atoms with Crippen LogP contribution in [0.5, 0.6) is 11.5 Å². The van der Waals surface area contributed by atoms with Crippen molar-refractivity contribution in [3.63, 3.8) is 0 Å². The number of phenolic OH excluding ortho intramolecular Hbond substituents is 1. The van der Waals surface area contributed by atoms with Gasteiger partial charge in [0.2, 0.25) is 0 Å². The number of nitrogens with one attached hydrogen (secondary N) is 1. The number of phenols is 1. The van der Waals surface area contributed by atoms with Crippen LogP contribution < -0.4 is 10.1 Å². The number of methoxy groups -OCH3 is 1. The van der Waals surface area contributed by atoms with E-state index in [0.29, 0.717) is 18.2 Å². The number of rotatable bonds is 8. The Bertz CT molecular complexity index is 798. The second-order valence-electron chi connectivity index (χ2n) is 7.22. The average Bonchev–Trinajstić information content (AvgIpc) is 3.02. The fourth-order valence-electron chi connectivity index (χ4n) is 3.13. The molecule has 2 aromatic rings. The Hall–Kier alpha value is -2.70. The highest BCUT2D eigenvalue weighted by Gasteiger charge is 2.15. The van der Waals surface area contributed by atoms with Crippen LogP contribution in [-0.4, -0.2) is 53.0 Å². The van der Waals surface area contributed by atoms with E-state index in [0.717, 1.165) is 36.7 Å². The molecule has 0 bridgehead atoms. The fourth-order valence-corrected chi connectivity index (χ4v) is 3.13. The van der Waals surface area contributed by atoms with E-state index in [4.69, 9.17) is 9.73 Å². The quantitative estimate of drug-likeness (QED) is 0.538. The average molecular weight is 388 g/mol. The van der Waals surface area contributed by atoms with E-state index in [2.05, 4.69) is 42.3 Å². The third kappa shape index (κ3) is 5.65. The maximum atomic E-state index is 9.72. The van der Waals surface area contributed by atoms with Crippen molar-refractivity contribution >= 4 is 5.96 Å². The molecule has 0 amide bonds. The van der Waals surface area contributed by atoms with Crippen LogP contribution in [0.4, 0.5) is 0 Å². The lowest BCUT2D eigenvalue weighted by Gasteiger charge is -2.22. The van der Waals surface area contributed by atoms with Crippen LogP contribution in [0.25, 0.3) is 0 Å². The van der Waals surface area contributed by atoms with Crippen molar-refractivity contribution in [3.05, 3.63) is 41.2 Å². The zero-order valence-corrected chi connectivity index (χ0v) is 17.9. The summed E-state index contributed by atoms with van der Waals surface area (Å²) in [6, 6.07) is 5.41. The lowest BCUT2D eigenvalue weighted by atomic mass is 10.1. The van der Waals surface area contributed by atoms with Crippen LogP contribution in [0.15, 0.2) is 29.4 Å². The number of aromatic hydroxyl groups is 1. The lowest BCUT2D eigenvalue weighted by molar-refractivity contribution is 0.373. The first-order chi connectivity index (χ1) is 13.3. The normalized spacial score (nSPS) is 11.8. The molecular formula is C21H33N5O2. The SMILES string of the molecule is CCNC(=NCCc1ccc(O)c(OC)c1)N(C)Cc1cn(C)nc1C(C)C. The Morgan fingerprint density at radius 2 is 2.14 bits per heavy atom. The Morgan fingerprint density at radius 3 is 2.79 bits per heavy atom. The van der Waals surface area contributed by atoms with E-state index in [1.807, 2.05) is 30.9 Å². The number of aliphatic imine (C=N–C) groups is 1. The first-order valence-electron chi connectivity index (χ1n) is 9.73. The van der Waals surface area contributed by atoms with Crippen molar-refractivity contribution in [2.24, 2.45) is 12.0 Å². The van der Waals surface area contributed by atoms with Gasteiger partial charge in [-0.25, -0.2) is 0 Å². The molecule has 0 unspecified atom stereocenters. The Labute approximate surface area is 168 Å². The summed E-state index contributed by atoms with van der Waals surface area (Å²) in [5.74, 6) is 1.89. The number of aryl methyl sites for hydroxylation is 1. The van der Waals surface area contributed by atoms with Gasteiger partial charge < -0.3 is 20.1 Å². The number of hydrogen-bond acceptors (Lipinski definition) is 4. The number of benzene rings is 1. The van der Waals surface area contributed by atoms with Crippen LogP contribution >= 0.6 is 0 Å². The summed E-state index contributed by atoms with van der Waals surface area (Å²) in [5, 5.41) is 17.7. The van der Waals surface area contributed by atoms with Gasteiger partial charge in [0.25, 0.3) is 0 Å². The molecular weight excluding hydrogens is 354 g/mol. The molecule has 2 N–H and O–H groups in total. The number of ether oxygens (including phenoxy) is 1. The first kappa shape index (κ1) is 21.6. The molecule has 0 aliphatic heterocycles. The van der Waals surface area contributed by atoms with Crippen LogP contribution in [0.2, 0.25) is 0 Å². The molecule has 28 heavy (non-hydrogen) atoms. The van der Waals surface area contributed by atoms with Gasteiger partial charge >= 0.3 is 0 Å². The van der Waals surface area contributed by atoms with E-state index >= 15 is 0 Å². The second-order valence-corrected chi connectivity index (χ2v) is 7.22. The van der Waals surface area contributed by atoms with E-state index in [9.17, 15) is 5.11 Å². The van der Waals surface area contributed by atoms with Gasteiger partial charge in [-0.15, -0.1) is 0 Å². The van der Waals surface area contributed by atoms with Gasteiger partial charge in [-0.2, -0.15) is 5.10 Å². The number of hydrogen-bond donors (Lipinski definition) is 2. The lowest BCUT2D eigenvalue weighted by Crippen LogP contribution is -2.38. The molecule has 0 aliphatic carbocycles. The highest BCUT2D eigenvalue weighted by molar-refractivity contribution is 5.79. The maximum Gasteiger partial charge on any atom is 0.193 e. The van der Waals surface area contributed by atoms with Crippen molar-refractivity contribution in [1.29, 1.82) is 0 Å². The number of aromatic nitrogens is 2. The Balaban J connectivity index is 2.07. The summed E-state index contributed by atoms with van der Waals surface area (Å²) < 4.78 is 7.05. The van der Waals surface area contributed by atoms with E-state index in [1.165, 1.54) is 5.56 Å². The molecule has 0 atom stereocenters. The fraction of sp³-hybridized carbons (Fsp3) is 0.524. The zero-order chi connectivity index (χ0) is 20.7. The van der Waals surface area contributed by atoms with E-state index in [1.54, 1.807) is 13.2 Å². The van der Waals surface area contributed by atoms with Crippen molar-refractivity contribution in [2.45, 2.75) is 39.7 Å². The molecule has 1 aromatic carbocycles. The topological polar surface area (TPSA) is 74.9 Å². The summed E-state index contributed by atoms with van der Waals surface area (Å²) in [6.45, 7) is 8.59. The molecule has 0 spiro atoms. The number of nitrogens with zero attached hydrogens (tertiary/aromatic N) is 4. The molecule has 154 valence electrons. The highest BCUT2D eigenvalue weighted by Crippen LogP contribution is 2.26. The predicted octanol–water partition coefficient (Wildman–Crippen LogP) is 2.90. The van der Waals surface area contributed by atoms with Crippen LogP contribution in [0, 0.1) is 0 Å². The molecule has 0 saturated heterocycles. The van der Waals surface area contributed by atoms with Gasteiger partial charge in [0, 0.05) is 45.5 Å². The molecule has 0 saturated carbocycles. The Morgan fingerprint density at radius 1 is 1.39 bits per heavy atom. The molecule has 1 aromatic heterocycles. The molecule has 0 fully saturated rings. The summed E-state index contributed by atoms with van der Waals surface area (Å²) in [6.07, 6.45) is 2.85. The summed E-state index contributed by atoms with van der Waals surface area (Å²) >= 11 is 0. The van der Waals surface area contributed by atoms with Crippen LogP contribution in [0.1, 0.15) is 43.5 Å². The van der Waals surface area contributed by atoms with Gasteiger partial charge in [-0.3, -0.25) is 9.67 Å². The Kier molecular flexibility index (Phi) is 7.72. The monoisotopic (exact) mass is 387 g/mol. The third-order valence-corrected chi connectivity index (χ3v) is 4.49. The van der Waals surface area contributed by atoms with Gasteiger partial charge in [-0.05, 0) is 37.0 Å². The van der Waals surface area contributed by atoms with E-state index in [-0.39, 0.29) is 5.75 Å². The summed E-state index contributed by atoms with van der Waals surface area (Å²) in [5.41, 5.74) is 3.42. The summed E-state index contributed by atoms with van der Waals surface area (Å²) in [7, 11) is 5.56. The van der Waals surface area contributed by atoms with Gasteiger partial charge in [-0.1, -0.05) is 19.9 Å². The van der Waals surface area contributed by atoms with Crippen molar-refractivity contribution in [1.82, 2.24) is 20.0 Å². The largest absolute Gasteiger partial charge is 0.504 e. The summed E-state index contributed by atoms with van der Waals surface area (Å²) in [4.78, 5) is 6.89. The smallest absolute Gasteiger partial charge is 0.193 e. The molecule has 7 nitrogen and oxygen atoms in total. The highest BCUT2D eigenvalue weighted by atomic mass is 16.5. The van der Waals surface area contributed by atoms with Crippen LogP contribution in [-0.2, 0) is 20.0 Å². The van der Waals surface area contributed by atoms with Gasteiger partial charge in [0.15, 0.2) is 17.5 Å². The maximum absolute atomic E-state index is 9.72. The third-order valence-electron chi connectivity index (χ3n) is 4.49. The van der Waals surface area contributed by atoms with Gasteiger partial charge in [0.1, 0.15) is 0 Å². The molecule has 1 heterocycles. The molecule has 0 aliphatic rings. The van der Waals surface area contributed by atoms with E-state index < -0.39 is 0 Å². The molecule has 0 radical (unpaired) electrons. The second kappa shape index (κ2) is 10.0. The van der Waals surface area contributed by atoms with Crippen LogP contribution in [0.3, 0.4) is 0 Å². The predicted molar refractivity (Wildman–Crippen MR) is 113 cm³/mol. The molecule has 7 heteroatoms. The van der Waals surface area contributed by atoms with Crippen molar-refractivity contribution in [3.8, 4) is 11.5 Å². The zero-order valence-electron chi connectivity index (χ0n) is 17.9.